The number of carbonyl (C=O) groups is 2. The highest BCUT2D eigenvalue weighted by Crippen LogP contribution is 2.36. The fraction of sp³-hybridized carbons (Fsp3) is 0.0889. The third-order valence-corrected chi connectivity index (χ3v) is 13.9. The van der Waals surface area contributed by atoms with E-state index in [1.54, 1.807) is 114 Å². The van der Waals surface area contributed by atoms with Gasteiger partial charge in [-0.3, -0.25) is 19.3 Å². The summed E-state index contributed by atoms with van der Waals surface area (Å²) in [6.07, 6.45) is 5.32. The minimum atomic E-state index is -4.69. The van der Waals surface area contributed by atoms with E-state index in [9.17, 15) is 39.6 Å². The molecule has 9 aromatic rings. The predicted octanol–water partition coefficient (Wildman–Crippen LogP) is 8.25. The van der Waals surface area contributed by atoms with Crippen LogP contribution in [0.3, 0.4) is 0 Å². The Labute approximate surface area is 373 Å². The molecule has 0 saturated carbocycles. The number of aromatic nitrogens is 5. The number of carbonyl (C=O) groups excluding carboxylic acids is 2. The van der Waals surface area contributed by atoms with Crippen molar-refractivity contribution in [2.75, 3.05) is 0 Å². The van der Waals surface area contributed by atoms with E-state index in [1.807, 2.05) is 0 Å². The Morgan fingerprint density at radius 1 is 0.708 bits per heavy atom. The molecule has 2 amide bonds. The molecule has 0 fully saturated rings. The highest BCUT2D eigenvalue weighted by Gasteiger charge is 2.34. The maximum atomic E-state index is 13.0. The van der Waals surface area contributed by atoms with Gasteiger partial charge in [0, 0.05) is 61.9 Å². The Morgan fingerprint density at radius 2 is 1.32 bits per heavy atom. The molecule has 0 aliphatic carbocycles. The van der Waals surface area contributed by atoms with E-state index < -0.39 is 42.3 Å². The number of nitrogens with zero attached hydrogens (tertiary/aromatic N) is 5. The molecule has 0 radical (unpaired) electrons. The van der Waals surface area contributed by atoms with Gasteiger partial charge in [-0.2, -0.15) is 18.3 Å². The average molecular weight is 940 g/mol. The SMILES string of the molecule is Cn1cc2cc(S(=O)(=O)c3ccc(CNC(=O)c4ccc5nccn5c4)cc3)ccc2n1.O=C(NCc1ccc(S(=O)(=O)c2ccc(C(F)(F)F)c(Cl)c2)cc1)c1cc2ccncc2o1. The molecule has 9 rings (SSSR count). The fourth-order valence-corrected chi connectivity index (χ4v) is 9.57. The summed E-state index contributed by atoms with van der Waals surface area (Å²) in [7, 11) is -5.96. The van der Waals surface area contributed by atoms with Crippen molar-refractivity contribution in [3.05, 3.63) is 179 Å². The lowest BCUT2D eigenvalue weighted by atomic mass is 10.2. The number of imidazole rings is 1. The van der Waals surface area contributed by atoms with Crippen LogP contribution in [0, 0.1) is 0 Å². The number of benzene rings is 4. The zero-order valence-corrected chi connectivity index (χ0v) is 36.1. The smallest absolute Gasteiger partial charge is 0.417 e. The van der Waals surface area contributed by atoms with Gasteiger partial charge in [0.05, 0.1) is 47.4 Å². The van der Waals surface area contributed by atoms with Crippen LogP contribution < -0.4 is 10.6 Å². The first-order valence-corrected chi connectivity index (χ1v) is 22.6. The third kappa shape index (κ3) is 9.62. The van der Waals surface area contributed by atoms with Gasteiger partial charge in [0.1, 0.15) is 5.65 Å². The molecule has 0 unspecified atom stereocenters. The molecule has 330 valence electrons. The van der Waals surface area contributed by atoms with Crippen molar-refractivity contribution in [3.8, 4) is 0 Å². The largest absolute Gasteiger partial charge is 0.449 e. The van der Waals surface area contributed by atoms with Crippen LogP contribution in [0.5, 0.6) is 0 Å². The summed E-state index contributed by atoms with van der Waals surface area (Å²) >= 11 is 5.64. The summed E-state index contributed by atoms with van der Waals surface area (Å²) in [4.78, 5) is 32.8. The molecule has 0 saturated heterocycles. The average Bonchev–Trinajstić information content (AvgIpc) is 4.05. The van der Waals surface area contributed by atoms with Crippen molar-refractivity contribution in [3.63, 3.8) is 0 Å². The first-order chi connectivity index (χ1) is 30.9. The van der Waals surface area contributed by atoms with Gasteiger partial charge >= 0.3 is 6.18 Å². The number of hydrogen-bond donors (Lipinski definition) is 2. The number of sulfone groups is 2. The van der Waals surface area contributed by atoms with Crippen molar-refractivity contribution in [1.82, 2.24) is 34.8 Å². The molecule has 5 aromatic heterocycles. The van der Waals surface area contributed by atoms with Crippen LogP contribution in [0.1, 0.15) is 37.6 Å². The van der Waals surface area contributed by atoms with E-state index in [2.05, 4.69) is 25.7 Å². The number of halogens is 4. The predicted molar refractivity (Wildman–Crippen MR) is 232 cm³/mol. The van der Waals surface area contributed by atoms with Gasteiger partial charge < -0.3 is 19.5 Å². The van der Waals surface area contributed by atoms with Crippen molar-refractivity contribution < 1.29 is 44.0 Å². The first kappa shape index (κ1) is 44.3. The van der Waals surface area contributed by atoms with Crippen molar-refractivity contribution in [2.24, 2.45) is 7.05 Å². The highest BCUT2D eigenvalue weighted by molar-refractivity contribution is 7.91. The number of amides is 2. The van der Waals surface area contributed by atoms with Crippen LogP contribution >= 0.6 is 11.6 Å². The molecule has 5 heterocycles. The van der Waals surface area contributed by atoms with Crippen molar-refractivity contribution in [1.29, 1.82) is 0 Å². The van der Waals surface area contributed by atoms with E-state index in [1.165, 1.54) is 30.5 Å². The lowest BCUT2D eigenvalue weighted by Crippen LogP contribution is -2.23. The van der Waals surface area contributed by atoms with Crippen LogP contribution in [-0.4, -0.2) is 52.8 Å². The highest BCUT2D eigenvalue weighted by atomic mass is 35.5. The maximum absolute atomic E-state index is 13.0. The Balaban J connectivity index is 0.000000177. The Bertz CT molecular complexity index is 3450. The number of aryl methyl sites for hydroxylation is 1. The second kappa shape index (κ2) is 17.7. The second-order valence-electron chi connectivity index (χ2n) is 14.5. The zero-order valence-electron chi connectivity index (χ0n) is 33.7. The van der Waals surface area contributed by atoms with Crippen molar-refractivity contribution >= 4 is 70.6 Å². The lowest BCUT2D eigenvalue weighted by Gasteiger charge is -2.11. The van der Waals surface area contributed by atoms with E-state index in [0.29, 0.717) is 22.8 Å². The molecule has 0 bridgehead atoms. The van der Waals surface area contributed by atoms with E-state index in [-0.39, 0.29) is 44.3 Å². The summed E-state index contributed by atoms with van der Waals surface area (Å²) in [6.45, 7) is 0.378. The minimum absolute atomic E-state index is 0.0978. The molecule has 4 aromatic carbocycles. The molecule has 0 aliphatic rings. The molecule has 65 heavy (non-hydrogen) atoms. The summed E-state index contributed by atoms with van der Waals surface area (Å²) in [5.74, 6) is -0.569. The van der Waals surface area contributed by atoms with Gasteiger partial charge in [-0.25, -0.2) is 21.8 Å². The molecule has 20 heteroatoms. The quantitative estimate of drug-likeness (QED) is 0.135. The van der Waals surface area contributed by atoms with Crippen LogP contribution in [0.2, 0.25) is 5.02 Å². The van der Waals surface area contributed by atoms with Crippen LogP contribution in [0.25, 0.3) is 27.5 Å². The number of rotatable bonds is 10. The van der Waals surface area contributed by atoms with E-state index >= 15 is 0 Å². The fourth-order valence-electron chi connectivity index (χ4n) is 6.64. The summed E-state index contributed by atoms with van der Waals surface area (Å²) in [6, 6.07) is 26.0. The summed E-state index contributed by atoms with van der Waals surface area (Å²) in [5.41, 5.74) is 2.77. The topological polar surface area (TPSA) is 188 Å². The number of alkyl halides is 3. The minimum Gasteiger partial charge on any atom is -0.449 e. The van der Waals surface area contributed by atoms with Crippen LogP contribution in [-0.2, 0) is 46.0 Å². The zero-order chi connectivity index (χ0) is 46.1. The monoisotopic (exact) mass is 939 g/mol. The molecule has 14 nitrogen and oxygen atoms in total. The van der Waals surface area contributed by atoms with Crippen LogP contribution in [0.4, 0.5) is 13.2 Å². The molecule has 0 aliphatic heterocycles. The number of nitrogens with one attached hydrogen (secondary N) is 2. The van der Waals surface area contributed by atoms with E-state index in [0.717, 1.165) is 39.6 Å². The first-order valence-electron chi connectivity index (χ1n) is 19.3. The number of furan rings is 1. The van der Waals surface area contributed by atoms with Crippen LogP contribution in [0.15, 0.2) is 170 Å². The number of hydrogen-bond acceptors (Lipinski definition) is 10. The van der Waals surface area contributed by atoms with E-state index in [4.69, 9.17) is 16.0 Å². The molecular formula is C45H33ClF3N7O7S2. The molecule has 0 atom stereocenters. The number of fused-ring (bicyclic) bond motifs is 3. The maximum Gasteiger partial charge on any atom is 0.417 e. The molecule has 0 spiro atoms. The summed E-state index contributed by atoms with van der Waals surface area (Å²) < 4.78 is 99.0. The molecule has 2 N–H and O–H groups in total. The van der Waals surface area contributed by atoms with Gasteiger partial charge in [-0.05, 0) is 96.1 Å². The van der Waals surface area contributed by atoms with Gasteiger partial charge in [-0.15, -0.1) is 0 Å². The Morgan fingerprint density at radius 3 is 1.95 bits per heavy atom. The Kier molecular flexibility index (Phi) is 12.0. The van der Waals surface area contributed by atoms with Crippen molar-refractivity contribution in [2.45, 2.75) is 38.8 Å². The van der Waals surface area contributed by atoms with Gasteiger partial charge in [0.25, 0.3) is 11.8 Å². The number of pyridine rings is 2. The van der Waals surface area contributed by atoms with Gasteiger partial charge in [0.2, 0.25) is 19.7 Å². The normalized spacial score (nSPS) is 12.0. The van der Waals surface area contributed by atoms with Gasteiger partial charge in [-0.1, -0.05) is 35.9 Å². The standard InChI is InChI=1S/C23H19N5O3S.C22H14ClF3N2O4S/c1-27-14-18-12-20(7-8-21(18)26-27)32(30,31)19-5-2-16(3-6-19)13-25-23(29)17-4-9-22-24-10-11-28(22)15-17;23-18-10-16(5-6-17(18)22(24,25)26)33(30,31)15-3-1-13(2-4-15)11-28-21(29)19-9-14-7-8-27-12-20(14)32-19/h2-12,14-15H,13H2,1H3,(H,25,29);1-10,12H,11H2,(H,28,29). The molecular weight excluding hydrogens is 907 g/mol. The van der Waals surface area contributed by atoms with Gasteiger partial charge in [0.15, 0.2) is 11.3 Å². The Hall–Kier alpha value is -7.35. The summed E-state index contributed by atoms with van der Waals surface area (Å²) in [5, 5.41) is 10.6. The lowest BCUT2D eigenvalue weighted by molar-refractivity contribution is -0.137. The second-order valence-corrected chi connectivity index (χ2v) is 18.8. The third-order valence-electron chi connectivity index (χ3n) is 10.0.